The van der Waals surface area contributed by atoms with Crippen LogP contribution >= 0.6 is 0 Å². The molecule has 1 unspecified atom stereocenters. The number of benzene rings is 1. The van der Waals surface area contributed by atoms with Gasteiger partial charge >= 0.3 is 0 Å². The topological polar surface area (TPSA) is 39.9 Å². The molecule has 0 spiro atoms. The molecule has 0 aliphatic heterocycles. The Morgan fingerprint density at radius 1 is 1.29 bits per heavy atom. The molecule has 1 aromatic carbocycles. The lowest BCUT2D eigenvalue weighted by Crippen LogP contribution is -2.24. The number of aryl methyl sites for hydroxylation is 1. The summed E-state index contributed by atoms with van der Waals surface area (Å²) in [5.41, 5.74) is 3.25. The second-order valence-electron chi connectivity index (χ2n) is 6.12. The number of hydrogen-bond acceptors (Lipinski definition) is 3. The first-order valence-corrected chi connectivity index (χ1v) is 8.25. The largest absolute Gasteiger partial charge is 0.353 e. The molecule has 4 heteroatoms. The van der Waals surface area contributed by atoms with Crippen molar-refractivity contribution < 1.29 is 4.74 Å². The number of rotatable bonds is 5. The van der Waals surface area contributed by atoms with E-state index in [1.54, 1.807) is 0 Å². The van der Waals surface area contributed by atoms with Gasteiger partial charge in [-0.2, -0.15) is 0 Å². The van der Waals surface area contributed by atoms with Gasteiger partial charge in [-0.05, 0) is 37.8 Å². The first kappa shape index (κ1) is 14.5. The van der Waals surface area contributed by atoms with Crippen molar-refractivity contribution >= 4 is 11.0 Å². The highest BCUT2D eigenvalue weighted by atomic mass is 16.5. The summed E-state index contributed by atoms with van der Waals surface area (Å²) in [6.45, 7) is 4.28. The van der Waals surface area contributed by atoms with E-state index >= 15 is 0 Å². The van der Waals surface area contributed by atoms with Gasteiger partial charge in [0.05, 0.1) is 11.6 Å². The highest BCUT2D eigenvalue weighted by molar-refractivity contribution is 5.77. The van der Waals surface area contributed by atoms with Gasteiger partial charge in [0, 0.05) is 0 Å². The van der Waals surface area contributed by atoms with Crippen LogP contribution in [0.5, 0.6) is 0 Å². The maximum Gasteiger partial charge on any atom is 0.152 e. The average Bonchev–Trinajstić information content (AvgIpc) is 2.93. The summed E-state index contributed by atoms with van der Waals surface area (Å²) in [5, 5.41) is 8.73. The van der Waals surface area contributed by atoms with E-state index in [4.69, 9.17) is 4.74 Å². The third-order valence-corrected chi connectivity index (χ3v) is 4.41. The molecule has 0 N–H and O–H groups in total. The van der Waals surface area contributed by atoms with Crippen LogP contribution in [-0.4, -0.2) is 21.1 Å². The maximum absolute atomic E-state index is 6.38. The molecule has 0 bridgehead atoms. The lowest BCUT2D eigenvalue weighted by atomic mass is 9.98. The van der Waals surface area contributed by atoms with Crippen LogP contribution in [0.2, 0.25) is 0 Å². The molecule has 0 radical (unpaired) electrons. The summed E-state index contributed by atoms with van der Waals surface area (Å²) in [6, 6.07) is 6.24. The van der Waals surface area contributed by atoms with Crippen molar-refractivity contribution in [2.45, 2.75) is 71.1 Å². The van der Waals surface area contributed by atoms with E-state index in [-0.39, 0.29) is 6.23 Å². The smallest absolute Gasteiger partial charge is 0.152 e. The fraction of sp³-hybridized carbons (Fsp3) is 0.647. The highest BCUT2D eigenvalue weighted by Gasteiger charge is 2.22. The number of hydrogen-bond donors (Lipinski definition) is 0. The van der Waals surface area contributed by atoms with Crippen LogP contribution in [0, 0.1) is 6.92 Å². The van der Waals surface area contributed by atoms with E-state index in [9.17, 15) is 0 Å². The van der Waals surface area contributed by atoms with E-state index in [0.29, 0.717) is 6.10 Å². The second-order valence-corrected chi connectivity index (χ2v) is 6.12. The summed E-state index contributed by atoms with van der Waals surface area (Å²) in [6.07, 6.45) is 8.79. The number of nitrogens with zero attached hydrogens (tertiary/aromatic N) is 3. The predicted molar refractivity (Wildman–Crippen MR) is 84.2 cm³/mol. The first-order valence-electron chi connectivity index (χ1n) is 8.25. The molecule has 1 saturated carbocycles. The molecule has 21 heavy (non-hydrogen) atoms. The summed E-state index contributed by atoms with van der Waals surface area (Å²) >= 11 is 0. The van der Waals surface area contributed by atoms with Crippen LogP contribution in [0.4, 0.5) is 0 Å². The van der Waals surface area contributed by atoms with Crippen molar-refractivity contribution in [3.8, 4) is 0 Å². The monoisotopic (exact) mass is 287 g/mol. The molecule has 1 atom stereocenters. The van der Waals surface area contributed by atoms with Gasteiger partial charge in [0.2, 0.25) is 0 Å². The molecule has 2 aromatic rings. The Morgan fingerprint density at radius 2 is 2.10 bits per heavy atom. The minimum absolute atomic E-state index is 0.0184. The Morgan fingerprint density at radius 3 is 2.86 bits per heavy atom. The van der Waals surface area contributed by atoms with Gasteiger partial charge in [-0.15, -0.1) is 5.10 Å². The van der Waals surface area contributed by atoms with E-state index in [1.807, 2.05) is 4.68 Å². The van der Waals surface area contributed by atoms with Crippen LogP contribution < -0.4 is 0 Å². The minimum atomic E-state index is 0.0184. The number of ether oxygens (including phenoxy) is 1. The van der Waals surface area contributed by atoms with Gasteiger partial charge in [0.25, 0.3) is 0 Å². The maximum atomic E-state index is 6.38. The minimum Gasteiger partial charge on any atom is -0.353 e. The predicted octanol–water partition coefficient (Wildman–Crippen LogP) is 4.39. The summed E-state index contributed by atoms with van der Waals surface area (Å²) in [4.78, 5) is 0. The highest BCUT2D eigenvalue weighted by Crippen LogP contribution is 2.28. The molecule has 1 aromatic heterocycles. The molecule has 1 aliphatic carbocycles. The molecule has 1 fully saturated rings. The van der Waals surface area contributed by atoms with Gasteiger partial charge in [-0.3, -0.25) is 0 Å². The van der Waals surface area contributed by atoms with Crippen LogP contribution in [0.3, 0.4) is 0 Å². The Labute approximate surface area is 126 Å². The fourth-order valence-electron chi connectivity index (χ4n) is 3.23. The van der Waals surface area contributed by atoms with Gasteiger partial charge in [-0.1, -0.05) is 50.0 Å². The van der Waals surface area contributed by atoms with Crippen LogP contribution in [-0.2, 0) is 4.74 Å². The van der Waals surface area contributed by atoms with Crippen molar-refractivity contribution in [1.29, 1.82) is 0 Å². The third-order valence-electron chi connectivity index (χ3n) is 4.41. The van der Waals surface area contributed by atoms with Crippen molar-refractivity contribution in [2.75, 3.05) is 0 Å². The molecule has 0 amide bonds. The number of aromatic nitrogens is 3. The molecule has 1 aliphatic rings. The molecule has 3 rings (SSSR count). The van der Waals surface area contributed by atoms with Crippen molar-refractivity contribution in [1.82, 2.24) is 15.0 Å². The zero-order chi connectivity index (χ0) is 14.7. The van der Waals surface area contributed by atoms with Gasteiger partial charge in [0.15, 0.2) is 6.23 Å². The lowest BCUT2D eigenvalue weighted by Gasteiger charge is -2.27. The van der Waals surface area contributed by atoms with E-state index in [2.05, 4.69) is 42.4 Å². The fourth-order valence-corrected chi connectivity index (χ4v) is 3.23. The SMILES string of the molecule is CCCC(OC1CCCCC1)n1nnc2c(C)cccc21. The molecule has 0 saturated heterocycles. The van der Waals surface area contributed by atoms with Crippen LogP contribution in [0.1, 0.15) is 63.7 Å². The zero-order valence-electron chi connectivity index (χ0n) is 13.1. The van der Waals surface area contributed by atoms with Gasteiger partial charge in [-0.25, -0.2) is 4.68 Å². The van der Waals surface area contributed by atoms with Gasteiger partial charge in [0.1, 0.15) is 5.52 Å². The molecular weight excluding hydrogens is 262 g/mol. The lowest BCUT2D eigenvalue weighted by molar-refractivity contribution is -0.0766. The normalized spacial score (nSPS) is 18.2. The first-order chi connectivity index (χ1) is 10.3. The summed E-state index contributed by atoms with van der Waals surface area (Å²) in [7, 11) is 0. The van der Waals surface area contributed by atoms with Crippen LogP contribution in [0.25, 0.3) is 11.0 Å². The standard InChI is InChI=1S/C17H25N3O/c1-3-8-16(21-14-10-5-4-6-11-14)20-15-12-7-9-13(2)17(15)18-19-20/h7,9,12,14,16H,3-6,8,10-11H2,1-2H3. The Balaban J connectivity index is 1.86. The van der Waals surface area contributed by atoms with Crippen LogP contribution in [0.15, 0.2) is 18.2 Å². The zero-order valence-corrected chi connectivity index (χ0v) is 13.1. The quantitative estimate of drug-likeness (QED) is 0.819. The molecule has 114 valence electrons. The van der Waals surface area contributed by atoms with E-state index in [1.165, 1.54) is 37.7 Å². The molecular formula is C17H25N3O. The van der Waals surface area contributed by atoms with E-state index in [0.717, 1.165) is 23.9 Å². The number of fused-ring (bicyclic) bond motifs is 1. The van der Waals surface area contributed by atoms with Crippen molar-refractivity contribution in [3.05, 3.63) is 23.8 Å². The third kappa shape index (κ3) is 3.10. The molecule has 4 nitrogen and oxygen atoms in total. The summed E-state index contributed by atoms with van der Waals surface area (Å²) in [5.74, 6) is 0. The summed E-state index contributed by atoms with van der Waals surface area (Å²) < 4.78 is 8.37. The van der Waals surface area contributed by atoms with Crippen molar-refractivity contribution in [3.63, 3.8) is 0 Å². The average molecular weight is 287 g/mol. The van der Waals surface area contributed by atoms with Gasteiger partial charge < -0.3 is 4.74 Å². The molecule has 1 heterocycles. The van der Waals surface area contributed by atoms with E-state index < -0.39 is 0 Å². The second kappa shape index (κ2) is 6.56. The van der Waals surface area contributed by atoms with Crippen molar-refractivity contribution in [2.24, 2.45) is 0 Å². The Kier molecular flexibility index (Phi) is 4.54. The Bertz CT molecular complexity index is 587. The Hall–Kier alpha value is -1.42.